The summed E-state index contributed by atoms with van der Waals surface area (Å²) in [5.74, 6) is 0. The van der Waals surface area contributed by atoms with Gasteiger partial charge in [0, 0.05) is 32.6 Å². The van der Waals surface area contributed by atoms with Gasteiger partial charge in [0.05, 0.1) is 5.52 Å². The molecule has 0 amide bonds. The average molecular weight is 398 g/mol. The quantitative estimate of drug-likeness (QED) is 0.721. The highest BCUT2D eigenvalue weighted by atomic mass is 79.9. The smallest absolute Gasteiger partial charge is 0.387 e. The molecule has 0 aliphatic rings. The molecule has 19 heavy (non-hydrogen) atoms. The van der Waals surface area contributed by atoms with Crippen molar-refractivity contribution in [2.24, 2.45) is 0 Å². The fraction of sp³-hybridized carbons (Fsp3) is 0.250. The van der Waals surface area contributed by atoms with Gasteiger partial charge >= 0.3 is 6.18 Å². The number of alkyl halides is 3. The fourth-order valence-electron chi connectivity index (χ4n) is 1.98. The first-order valence-corrected chi connectivity index (χ1v) is 6.89. The van der Waals surface area contributed by atoms with Crippen LogP contribution in [0.15, 0.2) is 21.1 Å². The number of nitrogens with zero attached hydrogens (tertiary/aromatic N) is 1. The predicted molar refractivity (Wildman–Crippen MR) is 76.4 cm³/mol. The number of anilines is 1. The van der Waals surface area contributed by atoms with Crippen molar-refractivity contribution in [1.82, 2.24) is 4.98 Å². The molecule has 2 nitrogen and oxygen atoms in total. The van der Waals surface area contributed by atoms with Crippen molar-refractivity contribution in [2.75, 3.05) is 12.4 Å². The molecular weight excluding hydrogens is 389 g/mol. The van der Waals surface area contributed by atoms with Gasteiger partial charge in [-0.25, -0.2) is 4.98 Å². The maximum Gasteiger partial charge on any atom is 0.433 e. The molecule has 0 unspecified atom stereocenters. The second kappa shape index (κ2) is 4.94. The molecular formula is C12H9Br2F3N2. The summed E-state index contributed by atoms with van der Waals surface area (Å²) in [5.41, 5.74) is -0.0911. The van der Waals surface area contributed by atoms with Crippen LogP contribution in [0, 0.1) is 6.92 Å². The Hall–Kier alpha value is -0.820. The van der Waals surface area contributed by atoms with Gasteiger partial charge in [-0.05, 0) is 35.0 Å². The van der Waals surface area contributed by atoms with Crippen LogP contribution in [-0.2, 0) is 6.18 Å². The highest BCUT2D eigenvalue weighted by Crippen LogP contribution is 2.41. The van der Waals surface area contributed by atoms with Crippen molar-refractivity contribution in [3.8, 4) is 0 Å². The van der Waals surface area contributed by atoms with Crippen LogP contribution in [0.3, 0.4) is 0 Å². The molecule has 0 aliphatic carbocycles. The molecule has 0 saturated heterocycles. The Bertz CT molecular complexity index is 654. The molecule has 0 bridgehead atoms. The number of hydrogen-bond donors (Lipinski definition) is 1. The molecule has 0 saturated carbocycles. The van der Waals surface area contributed by atoms with E-state index < -0.39 is 11.9 Å². The Labute approximate surface area is 124 Å². The first-order chi connectivity index (χ1) is 8.77. The minimum absolute atomic E-state index is 0.0845. The minimum atomic E-state index is -4.48. The van der Waals surface area contributed by atoms with Crippen LogP contribution in [0.1, 0.15) is 11.3 Å². The minimum Gasteiger partial charge on any atom is -0.387 e. The lowest BCUT2D eigenvalue weighted by atomic mass is 10.1. The van der Waals surface area contributed by atoms with E-state index in [2.05, 4.69) is 42.2 Å². The SMILES string of the molecule is CNc1c(C)c(C(F)(F)F)nc2c(Br)ccc(Br)c12. The van der Waals surface area contributed by atoms with Crippen LogP contribution < -0.4 is 5.32 Å². The van der Waals surface area contributed by atoms with E-state index in [1.54, 1.807) is 19.2 Å². The maximum atomic E-state index is 13.0. The second-order valence-electron chi connectivity index (χ2n) is 3.96. The van der Waals surface area contributed by atoms with Crippen LogP contribution in [0.2, 0.25) is 0 Å². The third-order valence-electron chi connectivity index (χ3n) is 2.80. The summed E-state index contributed by atoms with van der Waals surface area (Å²) >= 11 is 6.59. The Kier molecular flexibility index (Phi) is 3.79. The Morgan fingerprint density at radius 2 is 1.74 bits per heavy atom. The third-order valence-corrected chi connectivity index (χ3v) is 4.10. The number of aromatic nitrogens is 1. The first-order valence-electron chi connectivity index (χ1n) is 5.30. The van der Waals surface area contributed by atoms with E-state index in [9.17, 15) is 13.2 Å². The highest BCUT2D eigenvalue weighted by Gasteiger charge is 2.36. The van der Waals surface area contributed by atoms with Gasteiger partial charge in [0.25, 0.3) is 0 Å². The van der Waals surface area contributed by atoms with E-state index in [0.717, 1.165) is 0 Å². The lowest BCUT2D eigenvalue weighted by molar-refractivity contribution is -0.141. The van der Waals surface area contributed by atoms with Gasteiger partial charge < -0.3 is 5.32 Å². The maximum absolute atomic E-state index is 13.0. The first kappa shape index (κ1) is 14.6. The lowest BCUT2D eigenvalue weighted by Crippen LogP contribution is -2.13. The van der Waals surface area contributed by atoms with Gasteiger partial charge in [-0.2, -0.15) is 13.2 Å². The summed E-state index contributed by atoms with van der Waals surface area (Å²) in [7, 11) is 1.59. The average Bonchev–Trinajstić information content (AvgIpc) is 2.32. The van der Waals surface area contributed by atoms with E-state index in [0.29, 0.717) is 20.0 Å². The summed E-state index contributed by atoms with van der Waals surface area (Å²) in [4.78, 5) is 3.77. The summed E-state index contributed by atoms with van der Waals surface area (Å²) < 4.78 is 40.2. The topological polar surface area (TPSA) is 24.9 Å². The van der Waals surface area contributed by atoms with E-state index in [-0.39, 0.29) is 11.1 Å². The second-order valence-corrected chi connectivity index (χ2v) is 5.67. The van der Waals surface area contributed by atoms with Crippen LogP contribution >= 0.6 is 31.9 Å². The normalized spacial score (nSPS) is 11.9. The number of fused-ring (bicyclic) bond motifs is 1. The van der Waals surface area contributed by atoms with E-state index in [1.165, 1.54) is 6.92 Å². The largest absolute Gasteiger partial charge is 0.433 e. The number of nitrogens with one attached hydrogen (secondary N) is 1. The van der Waals surface area contributed by atoms with Crippen molar-refractivity contribution in [1.29, 1.82) is 0 Å². The predicted octanol–water partition coefficient (Wildman–Crippen LogP) is 5.13. The van der Waals surface area contributed by atoms with Gasteiger partial charge in [0.1, 0.15) is 5.69 Å². The lowest BCUT2D eigenvalue weighted by Gasteiger charge is -2.17. The van der Waals surface area contributed by atoms with Crippen molar-refractivity contribution in [3.63, 3.8) is 0 Å². The number of pyridine rings is 1. The van der Waals surface area contributed by atoms with Crippen molar-refractivity contribution < 1.29 is 13.2 Å². The zero-order chi connectivity index (χ0) is 14.4. The molecule has 1 N–H and O–H groups in total. The zero-order valence-corrected chi connectivity index (χ0v) is 13.2. The molecule has 1 aromatic carbocycles. The number of halogens is 5. The molecule has 7 heteroatoms. The van der Waals surface area contributed by atoms with Crippen LogP contribution in [0.4, 0.5) is 18.9 Å². The molecule has 0 atom stereocenters. The van der Waals surface area contributed by atoms with Crippen molar-refractivity contribution in [3.05, 3.63) is 32.3 Å². The molecule has 0 radical (unpaired) electrons. The van der Waals surface area contributed by atoms with Gasteiger partial charge in [0.2, 0.25) is 0 Å². The molecule has 0 spiro atoms. The standard InChI is InChI=1S/C12H9Br2F3N2/c1-5-9(18-2)8-6(13)3-4-7(14)10(8)19-11(5)12(15,16)17/h3-4H,1-2H3,(H,18,19). The fourth-order valence-corrected chi connectivity index (χ4v) is 2.92. The molecule has 0 fully saturated rings. The van der Waals surface area contributed by atoms with E-state index >= 15 is 0 Å². The number of benzene rings is 1. The monoisotopic (exact) mass is 396 g/mol. The van der Waals surface area contributed by atoms with Crippen LogP contribution in [0.25, 0.3) is 10.9 Å². The molecule has 0 aliphatic heterocycles. The molecule has 2 aromatic rings. The van der Waals surface area contributed by atoms with E-state index in [1.807, 2.05) is 0 Å². The van der Waals surface area contributed by atoms with Gasteiger partial charge in [-0.3, -0.25) is 0 Å². The molecule has 1 heterocycles. The summed E-state index contributed by atoms with van der Waals surface area (Å²) in [6, 6.07) is 3.43. The highest BCUT2D eigenvalue weighted by molar-refractivity contribution is 9.11. The third kappa shape index (κ3) is 2.45. The number of hydrogen-bond acceptors (Lipinski definition) is 2. The molecule has 2 rings (SSSR count). The summed E-state index contributed by atoms with van der Waals surface area (Å²) in [6.45, 7) is 1.41. The van der Waals surface area contributed by atoms with Crippen molar-refractivity contribution >= 4 is 48.5 Å². The van der Waals surface area contributed by atoms with Crippen molar-refractivity contribution in [2.45, 2.75) is 13.1 Å². The van der Waals surface area contributed by atoms with Gasteiger partial charge in [-0.1, -0.05) is 15.9 Å². The van der Waals surface area contributed by atoms with Gasteiger partial charge in [0.15, 0.2) is 0 Å². The zero-order valence-electron chi connectivity index (χ0n) is 9.99. The molecule has 102 valence electrons. The number of rotatable bonds is 1. The summed E-state index contributed by atoms with van der Waals surface area (Å²) in [6.07, 6.45) is -4.48. The van der Waals surface area contributed by atoms with Crippen LogP contribution in [-0.4, -0.2) is 12.0 Å². The van der Waals surface area contributed by atoms with Gasteiger partial charge in [-0.15, -0.1) is 0 Å². The Morgan fingerprint density at radius 3 is 2.26 bits per heavy atom. The Morgan fingerprint density at radius 1 is 1.16 bits per heavy atom. The van der Waals surface area contributed by atoms with E-state index in [4.69, 9.17) is 0 Å². The van der Waals surface area contributed by atoms with Crippen LogP contribution in [0.5, 0.6) is 0 Å². The Balaban J connectivity index is 2.99. The summed E-state index contributed by atoms with van der Waals surface area (Å²) in [5, 5.41) is 3.46. The molecule has 1 aromatic heterocycles.